The number of hydrogen-bond acceptors (Lipinski definition) is 6. The summed E-state index contributed by atoms with van der Waals surface area (Å²) in [6, 6.07) is 11.7. The Bertz CT molecular complexity index is 997. The van der Waals surface area contributed by atoms with Crippen LogP contribution in [-0.4, -0.2) is 53.3 Å². The molecule has 0 unspecified atom stereocenters. The van der Waals surface area contributed by atoms with Gasteiger partial charge in [0.1, 0.15) is 5.75 Å². The number of amides is 1. The molecule has 144 valence electrons. The van der Waals surface area contributed by atoms with Crippen molar-refractivity contribution in [3.05, 3.63) is 58.5 Å². The van der Waals surface area contributed by atoms with E-state index in [1.165, 1.54) is 28.8 Å². The van der Waals surface area contributed by atoms with E-state index in [1.54, 1.807) is 13.1 Å². The van der Waals surface area contributed by atoms with Gasteiger partial charge in [0.2, 0.25) is 0 Å². The highest BCUT2D eigenvalue weighted by atomic mass is 32.2. The second-order valence-corrected chi connectivity index (χ2v) is 7.37. The lowest BCUT2D eigenvalue weighted by Crippen LogP contribution is -2.23. The van der Waals surface area contributed by atoms with Crippen molar-refractivity contribution in [1.82, 2.24) is 4.90 Å². The fourth-order valence-corrected chi connectivity index (χ4v) is 3.55. The molecule has 0 aliphatic carbocycles. The number of carboxylic acid groups (broad SMARTS) is 1. The van der Waals surface area contributed by atoms with Crippen LogP contribution in [0.5, 0.6) is 5.75 Å². The zero-order valence-electron chi connectivity index (χ0n) is 15.6. The predicted octanol–water partition coefficient (Wildman–Crippen LogP) is 3.39. The molecule has 2 N–H and O–H groups in total. The molecular weight excluding hydrogens is 378 g/mol. The van der Waals surface area contributed by atoms with E-state index in [2.05, 4.69) is 4.99 Å². The van der Waals surface area contributed by atoms with Crippen LogP contribution in [0.1, 0.15) is 15.9 Å². The molecule has 0 spiro atoms. The van der Waals surface area contributed by atoms with Gasteiger partial charge in [-0.1, -0.05) is 12.1 Å². The fraction of sp³-hybridized carbons (Fsp3) is 0.150. The molecule has 1 heterocycles. The highest BCUT2D eigenvalue weighted by Crippen LogP contribution is 2.34. The zero-order chi connectivity index (χ0) is 20.4. The number of phenols is 1. The first-order valence-corrected chi connectivity index (χ1v) is 9.18. The Hall–Kier alpha value is -3.26. The molecule has 1 aliphatic rings. The van der Waals surface area contributed by atoms with Gasteiger partial charge >= 0.3 is 5.97 Å². The highest BCUT2D eigenvalue weighted by Gasteiger charge is 2.30. The molecule has 1 saturated heterocycles. The normalized spacial score (nSPS) is 16.8. The first-order valence-electron chi connectivity index (χ1n) is 8.36. The molecule has 2 aromatic rings. The van der Waals surface area contributed by atoms with Gasteiger partial charge in [-0.3, -0.25) is 9.69 Å². The SMILES string of the molecule is CN1C(=O)/C(=C/c2ccc(N(C)C)cc2)SC1=Nc1ccc(O)cc1C(=O)O. The molecule has 0 bridgehead atoms. The van der Waals surface area contributed by atoms with E-state index in [-0.39, 0.29) is 22.9 Å². The van der Waals surface area contributed by atoms with Gasteiger partial charge in [0.05, 0.1) is 16.2 Å². The summed E-state index contributed by atoms with van der Waals surface area (Å²) < 4.78 is 0. The van der Waals surface area contributed by atoms with E-state index in [0.717, 1.165) is 17.3 Å². The van der Waals surface area contributed by atoms with Gasteiger partial charge in [-0.15, -0.1) is 0 Å². The maximum Gasteiger partial charge on any atom is 0.338 e. The number of carbonyl (C=O) groups excluding carboxylic acids is 1. The van der Waals surface area contributed by atoms with Gasteiger partial charge < -0.3 is 15.1 Å². The van der Waals surface area contributed by atoms with Crippen LogP contribution in [0.4, 0.5) is 11.4 Å². The Morgan fingerprint density at radius 3 is 2.46 bits per heavy atom. The van der Waals surface area contributed by atoms with E-state index < -0.39 is 5.97 Å². The van der Waals surface area contributed by atoms with Crippen LogP contribution in [0.25, 0.3) is 6.08 Å². The Morgan fingerprint density at radius 1 is 1.18 bits per heavy atom. The number of amidine groups is 1. The summed E-state index contributed by atoms with van der Waals surface area (Å²) in [4.78, 5) is 32.1. The number of aliphatic imine (C=N–C) groups is 1. The lowest BCUT2D eigenvalue weighted by atomic mass is 10.2. The quantitative estimate of drug-likeness (QED) is 0.768. The van der Waals surface area contributed by atoms with Crippen molar-refractivity contribution in [2.75, 3.05) is 26.0 Å². The van der Waals surface area contributed by atoms with Crippen LogP contribution in [0.15, 0.2) is 52.4 Å². The Labute approximate surface area is 166 Å². The van der Waals surface area contributed by atoms with E-state index in [4.69, 9.17) is 0 Å². The second-order valence-electron chi connectivity index (χ2n) is 6.36. The highest BCUT2D eigenvalue weighted by molar-refractivity contribution is 8.18. The van der Waals surface area contributed by atoms with Crippen molar-refractivity contribution in [2.45, 2.75) is 0 Å². The summed E-state index contributed by atoms with van der Waals surface area (Å²) in [5, 5.41) is 19.2. The van der Waals surface area contributed by atoms with Gasteiger partial charge in [-0.2, -0.15) is 0 Å². The van der Waals surface area contributed by atoms with Crippen molar-refractivity contribution in [1.29, 1.82) is 0 Å². The molecule has 0 aromatic heterocycles. The molecule has 0 atom stereocenters. The van der Waals surface area contributed by atoms with Crippen LogP contribution >= 0.6 is 11.8 Å². The minimum atomic E-state index is -1.20. The van der Waals surface area contributed by atoms with Gasteiger partial charge in [0.25, 0.3) is 5.91 Å². The lowest BCUT2D eigenvalue weighted by molar-refractivity contribution is -0.121. The number of carboxylic acids is 1. The molecule has 2 aromatic carbocycles. The third-order valence-corrected chi connectivity index (χ3v) is 5.20. The summed E-state index contributed by atoms with van der Waals surface area (Å²) >= 11 is 1.17. The first-order chi connectivity index (χ1) is 13.3. The molecule has 1 aliphatic heterocycles. The summed E-state index contributed by atoms with van der Waals surface area (Å²) in [5.41, 5.74) is 1.97. The van der Waals surface area contributed by atoms with Crippen LogP contribution in [0, 0.1) is 0 Å². The number of anilines is 1. The van der Waals surface area contributed by atoms with E-state index >= 15 is 0 Å². The predicted molar refractivity (Wildman–Crippen MR) is 111 cm³/mol. The topological polar surface area (TPSA) is 93.4 Å². The maximum absolute atomic E-state index is 12.5. The number of likely N-dealkylation sites (N-methyl/N-ethyl adjacent to an activating group) is 1. The van der Waals surface area contributed by atoms with Gasteiger partial charge in [-0.25, -0.2) is 9.79 Å². The van der Waals surface area contributed by atoms with Crippen molar-refractivity contribution in [2.24, 2.45) is 4.99 Å². The zero-order valence-corrected chi connectivity index (χ0v) is 16.4. The molecular formula is C20H19N3O4S. The second kappa shape index (κ2) is 7.77. The molecule has 3 rings (SSSR count). The number of aromatic carboxylic acids is 1. The summed E-state index contributed by atoms with van der Waals surface area (Å²) in [6.07, 6.45) is 1.78. The number of phenolic OH excluding ortho intramolecular Hbond substituents is 1. The molecule has 8 heteroatoms. The standard InChI is InChI=1S/C20H19N3O4S/c1-22(2)13-6-4-12(5-7-13)10-17-18(25)23(3)20(28-17)21-16-9-8-14(24)11-15(16)19(26)27/h4-11,24H,1-3H3,(H,26,27)/b17-10-,21-20?. The van der Waals surface area contributed by atoms with E-state index in [0.29, 0.717) is 10.1 Å². The number of aromatic hydroxyl groups is 1. The van der Waals surface area contributed by atoms with Crippen molar-refractivity contribution in [3.8, 4) is 5.75 Å². The number of rotatable bonds is 4. The largest absolute Gasteiger partial charge is 0.508 e. The third-order valence-electron chi connectivity index (χ3n) is 4.14. The third kappa shape index (κ3) is 4.01. The average molecular weight is 397 g/mol. The first kappa shape index (κ1) is 19.5. The average Bonchev–Trinajstić information content (AvgIpc) is 2.91. The minimum absolute atomic E-state index is 0.134. The van der Waals surface area contributed by atoms with Gasteiger partial charge in [0, 0.05) is 26.8 Å². The Balaban J connectivity index is 1.91. The fourth-order valence-electron chi connectivity index (χ4n) is 2.57. The van der Waals surface area contributed by atoms with Gasteiger partial charge in [0.15, 0.2) is 5.17 Å². The Kier molecular flexibility index (Phi) is 5.41. The molecule has 0 radical (unpaired) electrons. The summed E-state index contributed by atoms with van der Waals surface area (Å²) in [5.74, 6) is -1.58. The number of nitrogens with zero attached hydrogens (tertiary/aromatic N) is 3. The van der Waals surface area contributed by atoms with Crippen LogP contribution in [-0.2, 0) is 4.79 Å². The molecule has 1 fully saturated rings. The van der Waals surface area contributed by atoms with E-state index in [1.807, 2.05) is 43.3 Å². The maximum atomic E-state index is 12.5. The number of benzene rings is 2. The minimum Gasteiger partial charge on any atom is -0.508 e. The number of hydrogen-bond donors (Lipinski definition) is 2. The number of carbonyl (C=O) groups is 2. The smallest absolute Gasteiger partial charge is 0.338 e. The molecule has 7 nitrogen and oxygen atoms in total. The summed E-state index contributed by atoms with van der Waals surface area (Å²) in [7, 11) is 5.50. The summed E-state index contributed by atoms with van der Waals surface area (Å²) in [6.45, 7) is 0. The molecule has 28 heavy (non-hydrogen) atoms. The van der Waals surface area contributed by atoms with Crippen LogP contribution in [0.3, 0.4) is 0 Å². The molecule has 0 saturated carbocycles. The van der Waals surface area contributed by atoms with Crippen molar-refractivity contribution < 1.29 is 19.8 Å². The van der Waals surface area contributed by atoms with E-state index in [9.17, 15) is 19.8 Å². The Morgan fingerprint density at radius 2 is 1.86 bits per heavy atom. The van der Waals surface area contributed by atoms with Crippen LogP contribution < -0.4 is 4.90 Å². The number of thioether (sulfide) groups is 1. The van der Waals surface area contributed by atoms with Crippen molar-refractivity contribution in [3.63, 3.8) is 0 Å². The lowest BCUT2D eigenvalue weighted by Gasteiger charge is -2.11. The van der Waals surface area contributed by atoms with Crippen molar-refractivity contribution >= 4 is 46.3 Å². The van der Waals surface area contributed by atoms with Gasteiger partial charge in [-0.05, 0) is 53.7 Å². The monoisotopic (exact) mass is 397 g/mol. The van der Waals surface area contributed by atoms with Crippen LogP contribution in [0.2, 0.25) is 0 Å². The molecule has 1 amide bonds.